The molecule has 3 aromatic carbocycles. The van der Waals surface area contributed by atoms with Gasteiger partial charge in [0.1, 0.15) is 12.6 Å². The molecule has 0 saturated carbocycles. The lowest BCUT2D eigenvalue weighted by atomic mass is 10.0. The van der Waals surface area contributed by atoms with Crippen molar-refractivity contribution in [3.05, 3.63) is 106 Å². The third-order valence-electron chi connectivity index (χ3n) is 5.97. The van der Waals surface area contributed by atoms with Crippen LogP contribution in [0.2, 0.25) is 0 Å². The minimum Gasteiger partial charge on any atom is -0.350 e. The van der Waals surface area contributed by atoms with Gasteiger partial charge in [-0.25, -0.2) is 8.42 Å². The smallest absolute Gasteiger partial charge is 0.271 e. The summed E-state index contributed by atoms with van der Waals surface area (Å²) < 4.78 is 26.5. The predicted octanol–water partition coefficient (Wildman–Crippen LogP) is 3.92. The van der Waals surface area contributed by atoms with Gasteiger partial charge in [0, 0.05) is 30.6 Å². The number of carbonyl (C=O) groups excluding carboxylic acids is 2. The SMILES string of the molecule is CC(C)(C)NC(=O)C(Cc1ccccc1)N(Cc1ccccc1)C(=O)CN(c1cccc([N+](=O)[O-])c1)S(C)(=O)=O. The van der Waals surface area contributed by atoms with Gasteiger partial charge in [0.05, 0.1) is 16.9 Å². The van der Waals surface area contributed by atoms with Crippen molar-refractivity contribution in [3.63, 3.8) is 0 Å². The molecule has 0 aliphatic rings. The number of sulfonamides is 1. The molecule has 11 heteroatoms. The summed E-state index contributed by atoms with van der Waals surface area (Å²) in [5.74, 6) is -1.02. The molecule has 0 bridgehead atoms. The summed E-state index contributed by atoms with van der Waals surface area (Å²) in [5, 5.41) is 14.3. The Morgan fingerprint density at radius 2 is 1.50 bits per heavy atom. The first-order valence-electron chi connectivity index (χ1n) is 12.7. The summed E-state index contributed by atoms with van der Waals surface area (Å²) in [5.41, 5.74) is 0.643. The van der Waals surface area contributed by atoms with Crippen molar-refractivity contribution in [3.8, 4) is 0 Å². The van der Waals surface area contributed by atoms with E-state index in [1.54, 1.807) is 0 Å². The van der Waals surface area contributed by atoms with E-state index >= 15 is 0 Å². The lowest BCUT2D eigenvalue weighted by molar-refractivity contribution is -0.384. The van der Waals surface area contributed by atoms with Gasteiger partial charge in [-0.15, -0.1) is 0 Å². The van der Waals surface area contributed by atoms with Gasteiger partial charge in [-0.1, -0.05) is 66.7 Å². The highest BCUT2D eigenvalue weighted by molar-refractivity contribution is 7.92. The fourth-order valence-corrected chi connectivity index (χ4v) is 5.00. The third kappa shape index (κ3) is 8.63. The van der Waals surface area contributed by atoms with E-state index in [1.807, 2.05) is 81.4 Å². The molecule has 0 saturated heterocycles. The third-order valence-corrected chi connectivity index (χ3v) is 7.11. The summed E-state index contributed by atoms with van der Waals surface area (Å²) >= 11 is 0. The first-order chi connectivity index (χ1) is 18.7. The molecule has 40 heavy (non-hydrogen) atoms. The molecule has 0 aliphatic carbocycles. The van der Waals surface area contributed by atoms with E-state index in [0.29, 0.717) is 0 Å². The number of benzene rings is 3. The van der Waals surface area contributed by atoms with Crippen LogP contribution in [0.3, 0.4) is 0 Å². The molecule has 1 unspecified atom stereocenters. The molecule has 0 aliphatic heterocycles. The molecule has 1 atom stereocenters. The largest absolute Gasteiger partial charge is 0.350 e. The van der Waals surface area contributed by atoms with Crippen molar-refractivity contribution in [1.29, 1.82) is 0 Å². The number of hydrogen-bond acceptors (Lipinski definition) is 6. The molecule has 0 fully saturated rings. The highest BCUT2D eigenvalue weighted by Gasteiger charge is 2.34. The Bertz CT molecular complexity index is 1440. The van der Waals surface area contributed by atoms with Crippen molar-refractivity contribution < 1.29 is 22.9 Å². The highest BCUT2D eigenvalue weighted by atomic mass is 32.2. The van der Waals surface area contributed by atoms with Crippen LogP contribution in [0.4, 0.5) is 11.4 Å². The van der Waals surface area contributed by atoms with Crippen molar-refractivity contribution >= 4 is 33.2 Å². The second kappa shape index (κ2) is 12.7. The van der Waals surface area contributed by atoms with Crippen LogP contribution in [0, 0.1) is 10.1 Å². The number of nitrogens with zero attached hydrogens (tertiary/aromatic N) is 3. The minimum absolute atomic E-state index is 0.0246. The van der Waals surface area contributed by atoms with E-state index in [1.165, 1.54) is 23.1 Å². The first kappa shape index (κ1) is 30.3. The van der Waals surface area contributed by atoms with Crippen LogP contribution >= 0.6 is 0 Å². The Labute approximate surface area is 234 Å². The number of hydrogen-bond donors (Lipinski definition) is 1. The number of anilines is 1. The fraction of sp³-hybridized carbons (Fsp3) is 0.310. The molecular formula is C29H34N4O6S. The zero-order valence-electron chi connectivity index (χ0n) is 23.0. The van der Waals surface area contributed by atoms with Gasteiger partial charge < -0.3 is 10.2 Å². The lowest BCUT2D eigenvalue weighted by Crippen LogP contribution is -2.56. The number of amides is 2. The van der Waals surface area contributed by atoms with E-state index in [-0.39, 0.29) is 30.2 Å². The van der Waals surface area contributed by atoms with Gasteiger partial charge in [0.2, 0.25) is 21.8 Å². The second-order valence-electron chi connectivity index (χ2n) is 10.5. The number of nitrogens with one attached hydrogen (secondary N) is 1. The fourth-order valence-electron chi connectivity index (χ4n) is 4.16. The van der Waals surface area contributed by atoms with Crippen molar-refractivity contribution in [2.75, 3.05) is 17.1 Å². The molecule has 2 amide bonds. The Morgan fingerprint density at radius 3 is 2.02 bits per heavy atom. The maximum atomic E-state index is 14.0. The van der Waals surface area contributed by atoms with E-state index < -0.39 is 39.0 Å². The molecule has 10 nitrogen and oxygen atoms in total. The molecule has 3 aromatic rings. The first-order valence-corrected chi connectivity index (χ1v) is 14.5. The number of nitro benzene ring substituents is 1. The van der Waals surface area contributed by atoms with Crippen LogP contribution in [0.1, 0.15) is 31.9 Å². The lowest BCUT2D eigenvalue weighted by Gasteiger charge is -2.35. The van der Waals surface area contributed by atoms with Gasteiger partial charge in [0.25, 0.3) is 5.69 Å². The van der Waals surface area contributed by atoms with Crippen molar-refractivity contribution in [2.24, 2.45) is 0 Å². The van der Waals surface area contributed by atoms with E-state index in [0.717, 1.165) is 27.8 Å². The van der Waals surface area contributed by atoms with Crippen molar-refractivity contribution in [2.45, 2.75) is 45.3 Å². The van der Waals surface area contributed by atoms with Crippen LogP contribution < -0.4 is 9.62 Å². The minimum atomic E-state index is -4.03. The number of nitro groups is 1. The molecule has 0 spiro atoms. The van der Waals surface area contributed by atoms with E-state index in [9.17, 15) is 28.1 Å². The van der Waals surface area contributed by atoms with E-state index in [4.69, 9.17) is 0 Å². The Morgan fingerprint density at radius 1 is 0.925 bits per heavy atom. The normalized spacial score (nSPS) is 12.3. The number of non-ortho nitro benzene ring substituents is 1. The molecule has 0 aromatic heterocycles. The number of carbonyl (C=O) groups is 2. The second-order valence-corrected chi connectivity index (χ2v) is 12.4. The average Bonchev–Trinajstić information content (AvgIpc) is 2.88. The average molecular weight is 567 g/mol. The maximum Gasteiger partial charge on any atom is 0.271 e. The Kier molecular flexibility index (Phi) is 9.65. The monoisotopic (exact) mass is 566 g/mol. The van der Waals surface area contributed by atoms with Crippen LogP contribution in [0.15, 0.2) is 84.9 Å². The molecule has 3 rings (SSSR count). The zero-order valence-corrected chi connectivity index (χ0v) is 23.8. The molecule has 1 N–H and O–H groups in total. The standard InChI is InChI=1S/C29H34N4O6S/c1-29(2,3)30-28(35)26(18-22-12-7-5-8-13-22)31(20-23-14-9-6-10-15-23)27(34)21-32(40(4,38)39)24-16-11-17-25(19-24)33(36)37/h5-17,19,26H,18,20-21H2,1-4H3,(H,30,35). The number of rotatable bonds is 11. The van der Waals surface area contributed by atoms with E-state index in [2.05, 4.69) is 5.32 Å². The summed E-state index contributed by atoms with van der Waals surface area (Å²) in [6.45, 7) is 4.90. The molecule has 212 valence electrons. The molecule has 0 radical (unpaired) electrons. The Hall–Kier alpha value is -4.25. The van der Waals surface area contributed by atoms with Gasteiger partial charge >= 0.3 is 0 Å². The highest BCUT2D eigenvalue weighted by Crippen LogP contribution is 2.24. The summed E-state index contributed by atoms with van der Waals surface area (Å²) in [6, 6.07) is 22.4. The van der Waals surface area contributed by atoms with Crippen LogP contribution in [-0.4, -0.2) is 54.4 Å². The van der Waals surface area contributed by atoms with Gasteiger partial charge in [-0.2, -0.15) is 0 Å². The van der Waals surface area contributed by atoms with Gasteiger partial charge in [0.15, 0.2) is 0 Å². The zero-order chi connectivity index (χ0) is 29.5. The van der Waals surface area contributed by atoms with Crippen molar-refractivity contribution in [1.82, 2.24) is 10.2 Å². The van der Waals surface area contributed by atoms with Gasteiger partial charge in [-0.05, 0) is 38.0 Å². The van der Waals surface area contributed by atoms with Crippen LogP contribution in [0.25, 0.3) is 0 Å². The molecular weight excluding hydrogens is 532 g/mol. The van der Waals surface area contributed by atoms with Crippen LogP contribution in [0.5, 0.6) is 0 Å². The predicted molar refractivity (Wildman–Crippen MR) is 154 cm³/mol. The topological polar surface area (TPSA) is 130 Å². The maximum absolute atomic E-state index is 14.0. The van der Waals surface area contributed by atoms with Crippen LogP contribution in [-0.2, 0) is 32.6 Å². The summed E-state index contributed by atoms with van der Waals surface area (Å²) in [7, 11) is -4.03. The Balaban J connectivity index is 2.07. The molecule has 0 heterocycles. The summed E-state index contributed by atoms with van der Waals surface area (Å²) in [4.78, 5) is 39.7. The summed E-state index contributed by atoms with van der Waals surface area (Å²) in [6.07, 6.45) is 1.12. The van der Waals surface area contributed by atoms with Gasteiger partial charge in [-0.3, -0.25) is 24.0 Å². The quantitative estimate of drug-likeness (QED) is 0.277.